The van der Waals surface area contributed by atoms with Crippen LogP contribution in [0.15, 0.2) is 48.5 Å². The smallest absolute Gasteiger partial charge is 0.344 e. The highest BCUT2D eigenvalue weighted by molar-refractivity contribution is 5.71. The lowest BCUT2D eigenvalue weighted by Gasteiger charge is -2.12. The highest BCUT2D eigenvalue weighted by Crippen LogP contribution is 2.28. The number of nitrogens with zero attached hydrogens (tertiary/aromatic N) is 1. The molecule has 23 heavy (non-hydrogen) atoms. The van der Waals surface area contributed by atoms with Crippen LogP contribution in [0.1, 0.15) is 18.1 Å². The summed E-state index contributed by atoms with van der Waals surface area (Å²) in [5.74, 6) is 0.366. The molecular weight excluding hydrogens is 294 g/mol. The Bertz CT molecular complexity index is 692. The van der Waals surface area contributed by atoms with Crippen LogP contribution in [0.2, 0.25) is 0 Å². The van der Waals surface area contributed by atoms with Crippen LogP contribution in [0.25, 0.3) is 0 Å². The van der Waals surface area contributed by atoms with E-state index >= 15 is 0 Å². The lowest BCUT2D eigenvalue weighted by atomic mass is 10.2. The molecule has 2 aromatic rings. The van der Waals surface area contributed by atoms with Gasteiger partial charge in [-0.3, -0.25) is 0 Å². The van der Waals surface area contributed by atoms with Crippen LogP contribution in [0.3, 0.4) is 0 Å². The highest BCUT2D eigenvalue weighted by Gasteiger charge is 2.10. The van der Waals surface area contributed by atoms with E-state index in [0.717, 1.165) is 5.56 Å². The zero-order valence-corrected chi connectivity index (χ0v) is 12.8. The van der Waals surface area contributed by atoms with Gasteiger partial charge in [0.15, 0.2) is 18.1 Å². The maximum absolute atomic E-state index is 11.7. The normalized spacial score (nSPS) is 9.74. The quantitative estimate of drug-likeness (QED) is 0.735. The van der Waals surface area contributed by atoms with Gasteiger partial charge in [-0.05, 0) is 24.6 Å². The Labute approximate surface area is 135 Å². The van der Waals surface area contributed by atoms with Crippen LogP contribution < -0.4 is 9.47 Å². The number of hydrogen-bond acceptors (Lipinski definition) is 5. The molecule has 0 aromatic heterocycles. The summed E-state index contributed by atoms with van der Waals surface area (Å²) in [4.78, 5) is 11.7. The fourth-order valence-electron chi connectivity index (χ4n) is 1.88. The van der Waals surface area contributed by atoms with E-state index in [0.29, 0.717) is 23.7 Å². The maximum atomic E-state index is 11.7. The second-order valence-corrected chi connectivity index (χ2v) is 4.64. The average molecular weight is 311 g/mol. The monoisotopic (exact) mass is 311 g/mol. The minimum Gasteiger partial charge on any atom is -0.490 e. The average Bonchev–Trinajstić information content (AvgIpc) is 2.60. The summed E-state index contributed by atoms with van der Waals surface area (Å²) in [6.45, 7) is 2.24. The SMILES string of the molecule is CCOc1cc(C#N)ccc1OCC(=O)OCc1ccccc1. The third-order valence-electron chi connectivity index (χ3n) is 2.96. The van der Waals surface area contributed by atoms with Gasteiger partial charge in [0.25, 0.3) is 0 Å². The second-order valence-electron chi connectivity index (χ2n) is 4.64. The summed E-state index contributed by atoms with van der Waals surface area (Å²) >= 11 is 0. The van der Waals surface area contributed by atoms with Crippen LogP contribution in [0.4, 0.5) is 0 Å². The molecule has 5 nitrogen and oxygen atoms in total. The number of hydrogen-bond donors (Lipinski definition) is 0. The van der Waals surface area contributed by atoms with Crippen molar-refractivity contribution in [2.75, 3.05) is 13.2 Å². The molecule has 5 heteroatoms. The first-order chi connectivity index (χ1) is 11.2. The van der Waals surface area contributed by atoms with Gasteiger partial charge in [0.2, 0.25) is 0 Å². The number of benzene rings is 2. The summed E-state index contributed by atoms with van der Waals surface area (Å²) in [5, 5.41) is 8.90. The van der Waals surface area contributed by atoms with Crippen LogP contribution >= 0.6 is 0 Å². The number of nitriles is 1. The Morgan fingerprint density at radius 2 is 1.87 bits per heavy atom. The molecule has 2 aromatic carbocycles. The Kier molecular flexibility index (Phi) is 6.01. The lowest BCUT2D eigenvalue weighted by molar-refractivity contribution is -0.147. The van der Waals surface area contributed by atoms with Crippen molar-refractivity contribution >= 4 is 5.97 Å². The van der Waals surface area contributed by atoms with E-state index in [-0.39, 0.29) is 13.2 Å². The molecule has 0 aliphatic carbocycles. The van der Waals surface area contributed by atoms with Crippen molar-refractivity contribution in [3.63, 3.8) is 0 Å². The van der Waals surface area contributed by atoms with Crippen LogP contribution in [0.5, 0.6) is 11.5 Å². The molecule has 0 amide bonds. The summed E-state index contributed by atoms with van der Waals surface area (Å²) in [7, 11) is 0. The molecule has 0 bridgehead atoms. The summed E-state index contributed by atoms with van der Waals surface area (Å²) in [5.41, 5.74) is 1.38. The first-order valence-corrected chi connectivity index (χ1v) is 7.22. The largest absolute Gasteiger partial charge is 0.490 e. The van der Waals surface area contributed by atoms with Crippen molar-refractivity contribution in [2.45, 2.75) is 13.5 Å². The standard InChI is InChI=1S/C18H17NO4/c1-2-21-17-10-15(11-19)8-9-16(17)22-13-18(20)23-12-14-6-4-3-5-7-14/h3-10H,2,12-13H2,1H3. The van der Waals surface area contributed by atoms with Crippen molar-refractivity contribution in [1.29, 1.82) is 5.26 Å². The van der Waals surface area contributed by atoms with E-state index < -0.39 is 5.97 Å². The Hall–Kier alpha value is -3.00. The minimum atomic E-state index is -0.472. The second kappa shape index (κ2) is 8.44. The van der Waals surface area contributed by atoms with Crippen molar-refractivity contribution in [1.82, 2.24) is 0 Å². The van der Waals surface area contributed by atoms with Gasteiger partial charge in [0.1, 0.15) is 6.61 Å². The van der Waals surface area contributed by atoms with E-state index in [1.807, 2.05) is 43.3 Å². The summed E-state index contributed by atoms with van der Waals surface area (Å²) in [6, 6.07) is 16.2. The maximum Gasteiger partial charge on any atom is 0.344 e. The van der Waals surface area contributed by atoms with Crippen molar-refractivity contribution in [3.8, 4) is 17.6 Å². The molecule has 0 atom stereocenters. The molecule has 0 radical (unpaired) electrons. The van der Waals surface area contributed by atoms with Crippen molar-refractivity contribution < 1.29 is 19.0 Å². The summed E-state index contributed by atoms with van der Waals surface area (Å²) in [6.07, 6.45) is 0. The van der Waals surface area contributed by atoms with Gasteiger partial charge in [-0.25, -0.2) is 4.79 Å². The summed E-state index contributed by atoms with van der Waals surface area (Å²) < 4.78 is 16.0. The van der Waals surface area contributed by atoms with Crippen molar-refractivity contribution in [2.24, 2.45) is 0 Å². The molecule has 0 N–H and O–H groups in total. The number of esters is 1. The zero-order valence-electron chi connectivity index (χ0n) is 12.8. The van der Waals surface area contributed by atoms with Gasteiger partial charge < -0.3 is 14.2 Å². The molecule has 0 heterocycles. The van der Waals surface area contributed by atoms with E-state index in [2.05, 4.69) is 0 Å². The number of carbonyl (C=O) groups excluding carboxylic acids is 1. The van der Waals surface area contributed by atoms with Gasteiger partial charge in [0.05, 0.1) is 18.2 Å². The molecule has 118 valence electrons. The van der Waals surface area contributed by atoms with Crippen LogP contribution in [0, 0.1) is 11.3 Å². The molecule has 0 unspecified atom stereocenters. The van der Waals surface area contributed by atoms with Gasteiger partial charge >= 0.3 is 5.97 Å². The molecule has 0 spiro atoms. The van der Waals surface area contributed by atoms with E-state index in [1.54, 1.807) is 18.2 Å². The minimum absolute atomic E-state index is 0.203. The predicted molar refractivity (Wildman–Crippen MR) is 84.1 cm³/mol. The Morgan fingerprint density at radius 3 is 2.57 bits per heavy atom. The molecule has 0 aliphatic rings. The molecule has 0 fully saturated rings. The van der Waals surface area contributed by atoms with Gasteiger partial charge in [-0.1, -0.05) is 30.3 Å². The van der Waals surface area contributed by atoms with Crippen LogP contribution in [-0.4, -0.2) is 19.2 Å². The van der Waals surface area contributed by atoms with E-state index in [4.69, 9.17) is 19.5 Å². The van der Waals surface area contributed by atoms with Crippen molar-refractivity contribution in [3.05, 3.63) is 59.7 Å². The highest BCUT2D eigenvalue weighted by atomic mass is 16.6. The van der Waals surface area contributed by atoms with Gasteiger partial charge in [-0.15, -0.1) is 0 Å². The molecule has 0 aliphatic heterocycles. The third kappa shape index (κ3) is 5.04. The van der Waals surface area contributed by atoms with Gasteiger partial charge in [0, 0.05) is 6.07 Å². The predicted octanol–water partition coefficient (Wildman–Crippen LogP) is 3.08. The topological polar surface area (TPSA) is 68.5 Å². The number of ether oxygens (including phenoxy) is 3. The molecular formula is C18H17NO4. The van der Waals surface area contributed by atoms with E-state index in [9.17, 15) is 4.79 Å². The van der Waals surface area contributed by atoms with Gasteiger partial charge in [-0.2, -0.15) is 5.26 Å². The first kappa shape index (κ1) is 16.4. The van der Waals surface area contributed by atoms with E-state index in [1.165, 1.54) is 0 Å². The Balaban J connectivity index is 1.89. The Morgan fingerprint density at radius 1 is 1.09 bits per heavy atom. The fraction of sp³-hybridized carbons (Fsp3) is 0.222. The number of carbonyl (C=O) groups is 1. The van der Waals surface area contributed by atoms with Crippen LogP contribution in [-0.2, 0) is 16.1 Å². The first-order valence-electron chi connectivity index (χ1n) is 7.22. The third-order valence-corrected chi connectivity index (χ3v) is 2.96. The zero-order chi connectivity index (χ0) is 16.5. The molecule has 0 saturated carbocycles. The fourth-order valence-corrected chi connectivity index (χ4v) is 1.88. The molecule has 0 saturated heterocycles. The molecule has 2 rings (SSSR count). The lowest BCUT2D eigenvalue weighted by Crippen LogP contribution is -2.15. The number of rotatable bonds is 7.